The fraction of sp³-hybridized carbons (Fsp3) is 0.636. The number of aromatic nitrogens is 2. The summed E-state index contributed by atoms with van der Waals surface area (Å²) >= 11 is 0. The molecule has 19 heavy (non-hydrogen) atoms. The second kappa shape index (κ2) is 5.30. The molecule has 2 heterocycles. The minimum absolute atomic E-state index is 0.0374. The van der Waals surface area contributed by atoms with Crippen LogP contribution in [0.3, 0.4) is 0 Å². The van der Waals surface area contributed by atoms with Gasteiger partial charge in [0.25, 0.3) is 5.56 Å². The van der Waals surface area contributed by atoms with E-state index in [2.05, 4.69) is 10.3 Å². The van der Waals surface area contributed by atoms with Crippen LogP contribution >= 0.6 is 0 Å². The molecule has 1 fully saturated rings. The highest BCUT2D eigenvalue weighted by Gasteiger charge is 2.26. The highest BCUT2D eigenvalue weighted by molar-refractivity contribution is 7.91. The highest BCUT2D eigenvalue weighted by atomic mass is 32.2. The quantitative estimate of drug-likeness (QED) is 0.711. The van der Waals surface area contributed by atoms with Crippen LogP contribution in [0.25, 0.3) is 0 Å². The van der Waals surface area contributed by atoms with E-state index in [4.69, 9.17) is 0 Å². The summed E-state index contributed by atoms with van der Waals surface area (Å²) in [5.74, 6) is 0.384. The van der Waals surface area contributed by atoms with E-state index in [1.165, 1.54) is 10.8 Å². The van der Waals surface area contributed by atoms with Crippen LogP contribution in [0.1, 0.15) is 12.0 Å². The van der Waals surface area contributed by atoms with Crippen molar-refractivity contribution in [2.75, 3.05) is 18.1 Å². The highest BCUT2D eigenvalue weighted by Crippen LogP contribution is 2.10. The number of hydrogen-bond acceptors (Lipinski definition) is 5. The summed E-state index contributed by atoms with van der Waals surface area (Å²) in [5.41, 5.74) is -0.351. The molecule has 0 saturated carbocycles. The summed E-state index contributed by atoms with van der Waals surface area (Å²) in [6.45, 7) is 2.52. The molecule has 2 rings (SSSR count). The number of nitrogens with one attached hydrogen (secondary N) is 2. The minimum atomic E-state index is -2.89. The van der Waals surface area contributed by atoms with Gasteiger partial charge in [0.05, 0.1) is 11.5 Å². The Labute approximate surface area is 110 Å². The number of nitrogens with zero attached hydrogens (tertiary/aromatic N) is 1. The summed E-state index contributed by atoms with van der Waals surface area (Å²) in [5, 5.41) is 3.12. The maximum Gasteiger partial charge on any atom is 0.328 e. The lowest BCUT2D eigenvalue weighted by atomic mass is 10.2. The molecule has 0 amide bonds. The molecule has 1 saturated heterocycles. The van der Waals surface area contributed by atoms with Gasteiger partial charge in [0.1, 0.15) is 0 Å². The van der Waals surface area contributed by atoms with Crippen LogP contribution in [0.15, 0.2) is 15.8 Å². The van der Waals surface area contributed by atoms with Crippen molar-refractivity contribution in [1.29, 1.82) is 0 Å². The van der Waals surface area contributed by atoms with Gasteiger partial charge in [0, 0.05) is 30.9 Å². The van der Waals surface area contributed by atoms with E-state index < -0.39 is 15.5 Å². The van der Waals surface area contributed by atoms with Gasteiger partial charge in [-0.2, -0.15) is 0 Å². The van der Waals surface area contributed by atoms with E-state index in [9.17, 15) is 18.0 Å². The molecular formula is C11H17N3O4S. The first-order valence-corrected chi connectivity index (χ1v) is 7.94. The van der Waals surface area contributed by atoms with Crippen LogP contribution in [0.2, 0.25) is 0 Å². The van der Waals surface area contributed by atoms with Crippen LogP contribution in [0.4, 0.5) is 0 Å². The molecular weight excluding hydrogens is 270 g/mol. The van der Waals surface area contributed by atoms with E-state index in [0.29, 0.717) is 25.1 Å². The number of sulfone groups is 1. The first-order chi connectivity index (χ1) is 8.87. The van der Waals surface area contributed by atoms with Crippen LogP contribution in [-0.2, 0) is 16.4 Å². The maximum absolute atomic E-state index is 11.5. The second-order valence-corrected chi connectivity index (χ2v) is 7.05. The van der Waals surface area contributed by atoms with Gasteiger partial charge in [-0.15, -0.1) is 0 Å². The molecule has 106 valence electrons. The molecule has 1 aromatic rings. The molecule has 0 bridgehead atoms. The molecule has 1 aliphatic heterocycles. The van der Waals surface area contributed by atoms with Gasteiger partial charge in [-0.1, -0.05) is 0 Å². The third kappa shape index (κ3) is 3.54. The van der Waals surface area contributed by atoms with Crippen molar-refractivity contribution in [1.82, 2.24) is 14.9 Å². The van der Waals surface area contributed by atoms with Crippen molar-refractivity contribution in [3.8, 4) is 0 Å². The number of rotatable bonds is 4. The van der Waals surface area contributed by atoms with Gasteiger partial charge in [0.15, 0.2) is 9.84 Å². The molecule has 0 aliphatic carbocycles. The fourth-order valence-electron chi connectivity index (χ4n) is 2.13. The molecule has 0 radical (unpaired) electrons. The van der Waals surface area contributed by atoms with Gasteiger partial charge >= 0.3 is 5.69 Å². The number of aryl methyl sites for hydroxylation is 1. The average Bonchev–Trinajstić information content (AvgIpc) is 2.65. The summed E-state index contributed by atoms with van der Waals surface area (Å²) in [7, 11) is -2.89. The fourth-order valence-corrected chi connectivity index (χ4v) is 3.84. The van der Waals surface area contributed by atoms with Crippen molar-refractivity contribution < 1.29 is 8.42 Å². The predicted octanol–water partition coefficient (Wildman–Crippen LogP) is -1.38. The first kappa shape index (κ1) is 14.0. The van der Waals surface area contributed by atoms with Crippen LogP contribution < -0.4 is 16.6 Å². The zero-order valence-electron chi connectivity index (χ0n) is 10.7. The summed E-state index contributed by atoms with van der Waals surface area (Å²) in [6.07, 6.45) is 2.12. The Morgan fingerprint density at radius 2 is 2.21 bits per heavy atom. The molecule has 2 N–H and O–H groups in total. The van der Waals surface area contributed by atoms with Gasteiger partial charge in [-0.05, 0) is 13.3 Å². The topological polar surface area (TPSA) is 101 Å². The number of aromatic amines is 1. The van der Waals surface area contributed by atoms with Crippen molar-refractivity contribution in [2.45, 2.75) is 25.9 Å². The van der Waals surface area contributed by atoms with Gasteiger partial charge in [-0.3, -0.25) is 14.3 Å². The molecule has 1 aliphatic rings. The van der Waals surface area contributed by atoms with Crippen LogP contribution in [0.5, 0.6) is 0 Å². The number of hydrogen-bond donors (Lipinski definition) is 2. The summed E-state index contributed by atoms with van der Waals surface area (Å²) < 4.78 is 24.0. The Hall–Kier alpha value is -1.41. The lowest BCUT2D eigenvalue weighted by Crippen LogP contribution is -2.37. The largest absolute Gasteiger partial charge is 0.328 e. The zero-order valence-corrected chi connectivity index (χ0v) is 11.5. The molecule has 0 aromatic carbocycles. The summed E-state index contributed by atoms with van der Waals surface area (Å²) in [4.78, 5) is 24.9. The minimum Gasteiger partial charge on any atom is -0.311 e. The van der Waals surface area contributed by atoms with Crippen molar-refractivity contribution >= 4 is 9.84 Å². The summed E-state index contributed by atoms with van der Waals surface area (Å²) in [6, 6.07) is -0.0374. The van der Waals surface area contributed by atoms with E-state index in [-0.39, 0.29) is 23.1 Å². The standard InChI is InChI=1S/C11H17N3O4S/c1-8-6-14(11(16)13-10(8)15)4-3-12-9-2-5-19(17,18)7-9/h6,9,12H,2-5,7H2,1H3,(H,13,15,16). The molecule has 1 unspecified atom stereocenters. The lowest BCUT2D eigenvalue weighted by molar-refractivity contribution is 0.509. The molecule has 0 spiro atoms. The van der Waals surface area contributed by atoms with Crippen LogP contribution in [-0.4, -0.2) is 42.1 Å². The van der Waals surface area contributed by atoms with E-state index in [1.54, 1.807) is 6.92 Å². The predicted molar refractivity (Wildman–Crippen MR) is 71.1 cm³/mol. The van der Waals surface area contributed by atoms with E-state index in [0.717, 1.165) is 0 Å². The zero-order chi connectivity index (χ0) is 14.0. The SMILES string of the molecule is Cc1cn(CCNC2CCS(=O)(=O)C2)c(=O)[nH]c1=O. The maximum atomic E-state index is 11.5. The Morgan fingerprint density at radius 3 is 2.84 bits per heavy atom. The Balaban J connectivity index is 1.92. The molecule has 7 nitrogen and oxygen atoms in total. The monoisotopic (exact) mass is 287 g/mol. The van der Waals surface area contributed by atoms with E-state index in [1.807, 2.05) is 0 Å². The van der Waals surface area contributed by atoms with Crippen LogP contribution in [0, 0.1) is 6.92 Å². The second-order valence-electron chi connectivity index (χ2n) is 4.82. The third-order valence-electron chi connectivity index (χ3n) is 3.21. The average molecular weight is 287 g/mol. The lowest BCUT2D eigenvalue weighted by Gasteiger charge is -2.11. The Kier molecular flexibility index (Phi) is 3.91. The smallest absolute Gasteiger partial charge is 0.311 e. The normalized spacial score (nSPS) is 21.6. The van der Waals surface area contributed by atoms with Crippen molar-refractivity contribution in [2.24, 2.45) is 0 Å². The molecule has 1 aromatic heterocycles. The van der Waals surface area contributed by atoms with Gasteiger partial charge < -0.3 is 5.32 Å². The molecule has 8 heteroatoms. The third-order valence-corrected chi connectivity index (χ3v) is 4.98. The van der Waals surface area contributed by atoms with Crippen molar-refractivity contribution in [3.63, 3.8) is 0 Å². The van der Waals surface area contributed by atoms with Crippen molar-refractivity contribution in [3.05, 3.63) is 32.6 Å². The Bertz CT molecular complexity index is 674. The molecule has 1 atom stereocenters. The van der Waals surface area contributed by atoms with Gasteiger partial charge in [-0.25, -0.2) is 13.2 Å². The number of H-pyrrole nitrogens is 1. The van der Waals surface area contributed by atoms with E-state index >= 15 is 0 Å². The Morgan fingerprint density at radius 1 is 1.47 bits per heavy atom. The first-order valence-electron chi connectivity index (χ1n) is 6.11. The van der Waals surface area contributed by atoms with Gasteiger partial charge in [0.2, 0.25) is 0 Å².